The monoisotopic (exact) mass is 245 g/mol. The molecule has 5 heteroatoms. The zero-order valence-corrected chi connectivity index (χ0v) is 11.0. The highest BCUT2D eigenvalue weighted by atomic mass is 15.3. The number of aromatic nitrogens is 3. The molecule has 3 rings (SSSR count). The zero-order chi connectivity index (χ0) is 12.5. The Morgan fingerprint density at radius 2 is 1.89 bits per heavy atom. The Kier molecular flexibility index (Phi) is 2.91. The average Bonchev–Trinajstić information content (AvgIpc) is 2.86. The molecule has 1 saturated heterocycles. The Morgan fingerprint density at radius 3 is 2.61 bits per heavy atom. The van der Waals surface area contributed by atoms with E-state index in [0.717, 1.165) is 37.6 Å². The van der Waals surface area contributed by atoms with Gasteiger partial charge in [-0.05, 0) is 19.9 Å². The zero-order valence-electron chi connectivity index (χ0n) is 11.0. The Hall–Kier alpha value is -1.62. The van der Waals surface area contributed by atoms with Crippen LogP contribution in [0, 0.1) is 0 Å². The second kappa shape index (κ2) is 4.57. The van der Waals surface area contributed by atoms with E-state index in [2.05, 4.69) is 33.7 Å². The van der Waals surface area contributed by atoms with Crippen molar-refractivity contribution in [3.05, 3.63) is 24.5 Å². The third kappa shape index (κ3) is 2.06. The van der Waals surface area contributed by atoms with E-state index < -0.39 is 0 Å². The molecule has 0 atom stereocenters. The van der Waals surface area contributed by atoms with E-state index in [1.807, 2.05) is 18.3 Å². The van der Waals surface area contributed by atoms with Crippen LogP contribution >= 0.6 is 0 Å². The molecule has 1 aliphatic heterocycles. The van der Waals surface area contributed by atoms with E-state index in [4.69, 9.17) is 0 Å². The van der Waals surface area contributed by atoms with E-state index in [1.54, 1.807) is 10.7 Å². The van der Waals surface area contributed by atoms with Crippen molar-refractivity contribution in [2.45, 2.75) is 19.9 Å². The Bertz CT molecular complexity index is 525. The van der Waals surface area contributed by atoms with Gasteiger partial charge in [0.25, 0.3) is 0 Å². The van der Waals surface area contributed by atoms with Gasteiger partial charge in [0.1, 0.15) is 5.82 Å². The van der Waals surface area contributed by atoms with Gasteiger partial charge in [0.05, 0.1) is 6.20 Å². The predicted octanol–water partition coefficient (Wildman–Crippen LogP) is 1.26. The largest absolute Gasteiger partial charge is 0.354 e. The molecule has 96 valence electrons. The van der Waals surface area contributed by atoms with Crippen LogP contribution in [0.1, 0.15) is 13.8 Å². The predicted molar refractivity (Wildman–Crippen MR) is 71.9 cm³/mol. The minimum absolute atomic E-state index is 0.636. The van der Waals surface area contributed by atoms with Gasteiger partial charge >= 0.3 is 0 Å². The fraction of sp³-hybridized carbons (Fsp3) is 0.538. The van der Waals surface area contributed by atoms with E-state index in [9.17, 15) is 0 Å². The first kappa shape index (κ1) is 11.5. The lowest BCUT2D eigenvalue weighted by molar-refractivity contribution is 0.209. The third-order valence-electron chi connectivity index (χ3n) is 3.61. The minimum Gasteiger partial charge on any atom is -0.354 e. The minimum atomic E-state index is 0.636. The van der Waals surface area contributed by atoms with Gasteiger partial charge in [0.15, 0.2) is 5.65 Å². The van der Waals surface area contributed by atoms with Crippen molar-refractivity contribution in [1.29, 1.82) is 0 Å². The first-order valence-electron chi connectivity index (χ1n) is 6.53. The Morgan fingerprint density at radius 1 is 1.11 bits per heavy atom. The lowest BCUT2D eigenvalue weighted by Gasteiger charge is -2.37. The van der Waals surface area contributed by atoms with Crippen LogP contribution in [0.15, 0.2) is 24.5 Å². The maximum Gasteiger partial charge on any atom is 0.157 e. The van der Waals surface area contributed by atoms with Crippen molar-refractivity contribution in [2.24, 2.45) is 0 Å². The van der Waals surface area contributed by atoms with Crippen molar-refractivity contribution in [3.8, 4) is 0 Å². The first-order chi connectivity index (χ1) is 8.74. The molecule has 0 saturated carbocycles. The Labute approximate surface area is 107 Å². The highest BCUT2D eigenvalue weighted by molar-refractivity contribution is 5.47. The molecule has 5 nitrogen and oxygen atoms in total. The van der Waals surface area contributed by atoms with Crippen LogP contribution in [0.2, 0.25) is 0 Å². The van der Waals surface area contributed by atoms with Crippen LogP contribution in [0.25, 0.3) is 5.65 Å². The van der Waals surface area contributed by atoms with Crippen molar-refractivity contribution in [1.82, 2.24) is 19.5 Å². The maximum absolute atomic E-state index is 4.64. The summed E-state index contributed by atoms with van der Waals surface area (Å²) in [6.45, 7) is 8.84. The molecule has 18 heavy (non-hydrogen) atoms. The van der Waals surface area contributed by atoms with Crippen LogP contribution in [0.3, 0.4) is 0 Å². The second-order valence-electron chi connectivity index (χ2n) is 5.04. The topological polar surface area (TPSA) is 36.7 Å². The van der Waals surface area contributed by atoms with Crippen LogP contribution < -0.4 is 4.90 Å². The fourth-order valence-corrected chi connectivity index (χ4v) is 2.45. The Balaban J connectivity index is 1.75. The third-order valence-corrected chi connectivity index (χ3v) is 3.61. The second-order valence-corrected chi connectivity index (χ2v) is 5.04. The highest BCUT2D eigenvalue weighted by Gasteiger charge is 2.19. The number of nitrogens with zero attached hydrogens (tertiary/aromatic N) is 5. The summed E-state index contributed by atoms with van der Waals surface area (Å²) in [4.78, 5) is 9.50. The van der Waals surface area contributed by atoms with Crippen molar-refractivity contribution in [2.75, 3.05) is 31.1 Å². The van der Waals surface area contributed by atoms with Gasteiger partial charge in [0.2, 0.25) is 0 Å². The van der Waals surface area contributed by atoms with Crippen molar-refractivity contribution < 1.29 is 0 Å². The molecule has 0 bridgehead atoms. The molecular formula is C13H19N5. The van der Waals surface area contributed by atoms with Gasteiger partial charge in [-0.2, -0.15) is 5.10 Å². The molecule has 0 radical (unpaired) electrons. The summed E-state index contributed by atoms with van der Waals surface area (Å²) in [5.74, 6) is 1.06. The summed E-state index contributed by atoms with van der Waals surface area (Å²) < 4.78 is 1.80. The number of piperazine rings is 1. The van der Waals surface area contributed by atoms with Gasteiger partial charge in [-0.1, -0.05) is 0 Å². The van der Waals surface area contributed by atoms with Gasteiger partial charge in [-0.3, -0.25) is 4.90 Å². The van der Waals surface area contributed by atoms with E-state index >= 15 is 0 Å². The standard InChI is InChI=1S/C13H19N5/c1-11(2)16-7-9-17(10-8-16)12-4-6-18-13(15-12)3-5-14-18/h3-6,11H,7-10H2,1-2H3. The first-order valence-corrected chi connectivity index (χ1v) is 6.53. The van der Waals surface area contributed by atoms with Crippen LogP contribution in [-0.2, 0) is 0 Å². The van der Waals surface area contributed by atoms with Gasteiger partial charge in [0, 0.05) is 44.5 Å². The lowest BCUT2D eigenvalue weighted by atomic mass is 10.2. The lowest BCUT2D eigenvalue weighted by Crippen LogP contribution is -2.49. The van der Waals surface area contributed by atoms with Crippen molar-refractivity contribution in [3.63, 3.8) is 0 Å². The summed E-state index contributed by atoms with van der Waals surface area (Å²) in [6.07, 6.45) is 3.76. The van der Waals surface area contributed by atoms with Crippen LogP contribution in [0.4, 0.5) is 5.82 Å². The van der Waals surface area contributed by atoms with Gasteiger partial charge < -0.3 is 4.90 Å². The van der Waals surface area contributed by atoms with E-state index in [1.165, 1.54) is 0 Å². The molecule has 3 heterocycles. The maximum atomic E-state index is 4.64. The summed E-state index contributed by atoms with van der Waals surface area (Å²) >= 11 is 0. The van der Waals surface area contributed by atoms with Gasteiger partial charge in [-0.15, -0.1) is 0 Å². The highest BCUT2D eigenvalue weighted by Crippen LogP contribution is 2.15. The number of rotatable bonds is 2. The summed E-state index contributed by atoms with van der Waals surface area (Å²) in [6, 6.07) is 4.62. The molecular weight excluding hydrogens is 226 g/mol. The molecule has 0 aromatic carbocycles. The molecule has 0 unspecified atom stereocenters. The van der Waals surface area contributed by atoms with Crippen molar-refractivity contribution >= 4 is 11.5 Å². The molecule has 0 N–H and O–H groups in total. The smallest absolute Gasteiger partial charge is 0.157 e. The fourth-order valence-electron chi connectivity index (χ4n) is 2.45. The molecule has 2 aromatic heterocycles. The van der Waals surface area contributed by atoms with Gasteiger partial charge in [-0.25, -0.2) is 9.50 Å². The number of hydrogen-bond acceptors (Lipinski definition) is 4. The summed E-state index contributed by atoms with van der Waals surface area (Å²) in [5, 5.41) is 4.17. The number of fused-ring (bicyclic) bond motifs is 1. The van der Waals surface area contributed by atoms with E-state index in [0.29, 0.717) is 6.04 Å². The average molecular weight is 245 g/mol. The summed E-state index contributed by atoms with van der Waals surface area (Å²) in [7, 11) is 0. The molecule has 2 aromatic rings. The normalized spacial score (nSPS) is 17.8. The molecule has 0 spiro atoms. The molecule has 0 amide bonds. The van der Waals surface area contributed by atoms with Crippen LogP contribution in [0.5, 0.6) is 0 Å². The molecule has 1 fully saturated rings. The van der Waals surface area contributed by atoms with Crippen LogP contribution in [-0.4, -0.2) is 51.7 Å². The number of anilines is 1. The number of hydrogen-bond donors (Lipinski definition) is 0. The molecule has 1 aliphatic rings. The summed E-state index contributed by atoms with van der Waals surface area (Å²) in [5.41, 5.74) is 0.916. The van der Waals surface area contributed by atoms with E-state index in [-0.39, 0.29) is 0 Å². The SMILES string of the molecule is CC(C)N1CCN(c2ccn3nccc3n2)CC1. The quantitative estimate of drug-likeness (QED) is 0.798. The molecule has 0 aliphatic carbocycles.